The van der Waals surface area contributed by atoms with Crippen molar-refractivity contribution in [2.75, 3.05) is 32.7 Å². The summed E-state index contributed by atoms with van der Waals surface area (Å²) in [5.41, 5.74) is 0.787. The molecular weight excluding hydrogens is 333 g/mol. The lowest BCUT2D eigenvalue weighted by molar-refractivity contribution is -0.139. The predicted molar refractivity (Wildman–Crippen MR) is 100 cm³/mol. The molecule has 0 bridgehead atoms. The normalized spacial score (nSPS) is 17.2. The van der Waals surface area contributed by atoms with Gasteiger partial charge in [-0.2, -0.15) is 0 Å². The van der Waals surface area contributed by atoms with E-state index < -0.39 is 0 Å². The van der Waals surface area contributed by atoms with Gasteiger partial charge >= 0.3 is 0 Å². The van der Waals surface area contributed by atoms with Crippen LogP contribution in [0.1, 0.15) is 51.1 Å². The van der Waals surface area contributed by atoms with E-state index in [0.717, 1.165) is 31.5 Å². The van der Waals surface area contributed by atoms with Gasteiger partial charge < -0.3 is 15.1 Å². The highest BCUT2D eigenvalue weighted by Gasteiger charge is 2.28. The molecule has 144 valence electrons. The maximum Gasteiger partial charge on any atom is 0.223 e. The molecule has 1 unspecified atom stereocenters. The SMILES string of the molecule is CCCN(CCC)C(=O)CCC(=O)N1CCNCC1c1cccc(F)c1. The van der Waals surface area contributed by atoms with Crippen LogP contribution in [0, 0.1) is 5.82 Å². The van der Waals surface area contributed by atoms with Gasteiger partial charge in [-0.3, -0.25) is 9.59 Å². The van der Waals surface area contributed by atoms with Crippen LogP contribution in [0.25, 0.3) is 0 Å². The second kappa shape index (κ2) is 10.3. The fourth-order valence-corrected chi connectivity index (χ4v) is 3.43. The van der Waals surface area contributed by atoms with Crippen molar-refractivity contribution in [3.63, 3.8) is 0 Å². The molecule has 1 fully saturated rings. The van der Waals surface area contributed by atoms with Crippen molar-refractivity contribution in [2.24, 2.45) is 0 Å². The number of carbonyl (C=O) groups excluding carboxylic acids is 2. The molecule has 5 nitrogen and oxygen atoms in total. The maximum absolute atomic E-state index is 13.6. The van der Waals surface area contributed by atoms with Crippen LogP contribution in [-0.2, 0) is 9.59 Å². The van der Waals surface area contributed by atoms with E-state index in [0.29, 0.717) is 19.6 Å². The molecule has 6 heteroatoms. The molecular formula is C20H30FN3O2. The molecule has 26 heavy (non-hydrogen) atoms. The number of hydrogen-bond acceptors (Lipinski definition) is 3. The van der Waals surface area contributed by atoms with Gasteiger partial charge in [0.05, 0.1) is 6.04 Å². The Kier molecular flexibility index (Phi) is 8.04. The molecule has 1 N–H and O–H groups in total. The Morgan fingerprint density at radius 1 is 1.23 bits per heavy atom. The highest BCUT2D eigenvalue weighted by Crippen LogP contribution is 2.24. The van der Waals surface area contributed by atoms with Gasteiger partial charge in [0.15, 0.2) is 0 Å². The largest absolute Gasteiger partial charge is 0.343 e. The monoisotopic (exact) mass is 363 g/mol. The van der Waals surface area contributed by atoms with Crippen LogP contribution in [0.4, 0.5) is 4.39 Å². The van der Waals surface area contributed by atoms with E-state index >= 15 is 0 Å². The first kappa shape index (κ1) is 20.4. The van der Waals surface area contributed by atoms with Gasteiger partial charge in [0.25, 0.3) is 0 Å². The Bertz CT molecular complexity index is 602. The van der Waals surface area contributed by atoms with Gasteiger partial charge in [0, 0.05) is 45.6 Å². The number of hydrogen-bond donors (Lipinski definition) is 1. The third-order valence-electron chi connectivity index (χ3n) is 4.69. The smallest absolute Gasteiger partial charge is 0.223 e. The first-order valence-corrected chi connectivity index (χ1v) is 9.60. The third kappa shape index (κ3) is 5.53. The van der Waals surface area contributed by atoms with Crippen molar-refractivity contribution in [3.05, 3.63) is 35.6 Å². The fourth-order valence-electron chi connectivity index (χ4n) is 3.43. The van der Waals surface area contributed by atoms with Gasteiger partial charge in [-0.15, -0.1) is 0 Å². The first-order chi connectivity index (χ1) is 12.6. The fraction of sp³-hybridized carbons (Fsp3) is 0.600. The van der Waals surface area contributed by atoms with Crippen molar-refractivity contribution in [1.82, 2.24) is 15.1 Å². The van der Waals surface area contributed by atoms with Gasteiger partial charge in [-0.25, -0.2) is 4.39 Å². The van der Waals surface area contributed by atoms with E-state index in [1.165, 1.54) is 12.1 Å². The standard InChI is InChI=1S/C20H30FN3O2/c1-3-11-23(12-4-2)19(25)8-9-20(26)24-13-10-22-15-18(24)16-6-5-7-17(21)14-16/h5-7,14,18,22H,3-4,8-13,15H2,1-2H3. The highest BCUT2D eigenvalue weighted by atomic mass is 19.1. The summed E-state index contributed by atoms with van der Waals surface area (Å²) < 4.78 is 13.6. The number of rotatable bonds is 8. The molecule has 2 amide bonds. The van der Waals surface area contributed by atoms with Crippen LogP contribution >= 0.6 is 0 Å². The Hall–Kier alpha value is -1.95. The molecule has 1 atom stereocenters. The number of amides is 2. The second-order valence-electron chi connectivity index (χ2n) is 6.74. The zero-order chi connectivity index (χ0) is 18.9. The first-order valence-electron chi connectivity index (χ1n) is 9.60. The van der Waals surface area contributed by atoms with Crippen molar-refractivity contribution in [1.29, 1.82) is 0 Å². The Balaban J connectivity index is 1.98. The quantitative estimate of drug-likeness (QED) is 0.773. The molecule has 1 heterocycles. The maximum atomic E-state index is 13.6. The van der Waals surface area contributed by atoms with Crippen LogP contribution in [-0.4, -0.2) is 54.3 Å². The average Bonchev–Trinajstić information content (AvgIpc) is 2.65. The minimum absolute atomic E-state index is 0.0398. The van der Waals surface area contributed by atoms with E-state index in [1.807, 2.05) is 24.8 Å². The van der Waals surface area contributed by atoms with Crippen molar-refractivity contribution < 1.29 is 14.0 Å². The van der Waals surface area contributed by atoms with Gasteiger partial charge in [-0.1, -0.05) is 26.0 Å². The lowest BCUT2D eigenvalue weighted by Crippen LogP contribution is -2.49. The summed E-state index contributed by atoms with van der Waals surface area (Å²) in [6.07, 6.45) is 2.27. The molecule has 0 radical (unpaired) electrons. The zero-order valence-electron chi connectivity index (χ0n) is 15.8. The lowest BCUT2D eigenvalue weighted by atomic mass is 10.0. The highest BCUT2D eigenvalue weighted by molar-refractivity contribution is 5.84. The molecule has 1 saturated heterocycles. The summed E-state index contributed by atoms with van der Waals surface area (Å²) in [6, 6.07) is 6.20. The van der Waals surface area contributed by atoms with Gasteiger partial charge in [0.2, 0.25) is 11.8 Å². The summed E-state index contributed by atoms with van der Waals surface area (Å²) in [5.74, 6) is -0.299. The van der Waals surface area contributed by atoms with E-state index in [-0.39, 0.29) is 36.5 Å². The summed E-state index contributed by atoms with van der Waals surface area (Å²) in [6.45, 7) is 7.45. The Morgan fingerprint density at radius 3 is 2.62 bits per heavy atom. The van der Waals surface area contributed by atoms with Crippen LogP contribution in [0.3, 0.4) is 0 Å². The summed E-state index contributed by atoms with van der Waals surface area (Å²) in [7, 11) is 0. The molecule has 1 aromatic rings. The van der Waals surface area contributed by atoms with Gasteiger partial charge in [-0.05, 0) is 30.5 Å². The van der Waals surface area contributed by atoms with Crippen molar-refractivity contribution >= 4 is 11.8 Å². The summed E-state index contributed by atoms with van der Waals surface area (Å²) >= 11 is 0. The second-order valence-corrected chi connectivity index (χ2v) is 6.74. The van der Waals surface area contributed by atoms with Crippen molar-refractivity contribution in [2.45, 2.75) is 45.6 Å². The zero-order valence-corrected chi connectivity index (χ0v) is 15.8. The van der Waals surface area contributed by atoms with E-state index in [4.69, 9.17) is 0 Å². The third-order valence-corrected chi connectivity index (χ3v) is 4.69. The van der Waals surface area contributed by atoms with E-state index in [2.05, 4.69) is 5.32 Å². The van der Waals surface area contributed by atoms with Crippen LogP contribution in [0.5, 0.6) is 0 Å². The van der Waals surface area contributed by atoms with Crippen LogP contribution in [0.2, 0.25) is 0 Å². The molecule has 1 aliphatic heterocycles. The molecule has 0 aliphatic carbocycles. The predicted octanol–water partition coefficient (Wildman–Crippen LogP) is 2.73. The van der Waals surface area contributed by atoms with E-state index in [1.54, 1.807) is 11.0 Å². The Morgan fingerprint density at radius 2 is 1.96 bits per heavy atom. The minimum atomic E-state index is -0.301. The number of halogens is 1. The molecule has 2 rings (SSSR count). The van der Waals surface area contributed by atoms with Gasteiger partial charge in [0.1, 0.15) is 5.82 Å². The minimum Gasteiger partial charge on any atom is -0.343 e. The molecule has 1 aliphatic rings. The van der Waals surface area contributed by atoms with E-state index in [9.17, 15) is 14.0 Å². The number of piperazine rings is 1. The average molecular weight is 363 g/mol. The molecule has 1 aromatic carbocycles. The van der Waals surface area contributed by atoms with Crippen molar-refractivity contribution in [3.8, 4) is 0 Å². The molecule has 0 saturated carbocycles. The topological polar surface area (TPSA) is 52.7 Å². The summed E-state index contributed by atoms with van der Waals surface area (Å²) in [4.78, 5) is 28.8. The molecule has 0 aromatic heterocycles. The summed E-state index contributed by atoms with van der Waals surface area (Å²) in [5, 5.41) is 3.26. The van der Waals surface area contributed by atoms with Crippen LogP contribution < -0.4 is 5.32 Å². The number of nitrogens with one attached hydrogen (secondary N) is 1. The Labute approximate surface area is 155 Å². The number of nitrogens with zero attached hydrogens (tertiary/aromatic N) is 2. The number of carbonyl (C=O) groups is 2. The number of benzene rings is 1. The molecule has 0 spiro atoms. The van der Waals surface area contributed by atoms with Crippen LogP contribution in [0.15, 0.2) is 24.3 Å². The lowest BCUT2D eigenvalue weighted by Gasteiger charge is -2.36.